The highest BCUT2D eigenvalue weighted by atomic mass is 32.2. The van der Waals surface area contributed by atoms with Gasteiger partial charge in [-0.3, -0.25) is 30.7 Å². The number of nitrogens with one attached hydrogen (secondary N) is 3. The molecule has 19 heteroatoms. The van der Waals surface area contributed by atoms with E-state index in [1.807, 2.05) is 0 Å². The quantitative estimate of drug-likeness (QED) is 0.141. The predicted molar refractivity (Wildman–Crippen MR) is 187 cm³/mol. The SMILES string of the molecule is COc1cc(-c2ccc(NNC3=C(S(=O)(=O)[O-])C=C4C=C(C(=O)[O-])C(=O)C=C4C3=O)c(OC)c2)ccc1NN=C1C=C(S(=O)(=O)[O-])c2ccccc2C1=O. The minimum absolute atomic E-state index is 0.00661. The Morgan fingerprint density at radius 2 is 1.33 bits per heavy atom. The average molecular weight is 772 g/mol. The summed E-state index contributed by atoms with van der Waals surface area (Å²) < 4.78 is 83.2. The lowest BCUT2D eigenvalue weighted by molar-refractivity contribution is -0.298. The molecule has 0 radical (unpaired) electrons. The Morgan fingerprint density at radius 1 is 0.722 bits per heavy atom. The summed E-state index contributed by atoms with van der Waals surface area (Å²) in [7, 11) is -7.56. The third-order valence-electron chi connectivity index (χ3n) is 8.21. The largest absolute Gasteiger partial charge is 0.744 e. The standard InChI is InChI=1S/C35H26N4O13S2/c1-51-28-12-17(7-9-24(28)36-38-26-16-30(53(45,46)47)20-5-3-4-6-21(20)33(26)41)18-8-10-25(29(13-18)52-2)37-39-32-31(54(48,49)50)14-19-11-23(35(43)44)27(40)15-22(19)34(32)42/h3-16,36-37,39H,1-2H3,(H,43,44)(H,45,46,47)(H,48,49,50)/p-3. The number of ketones is 3. The van der Waals surface area contributed by atoms with Gasteiger partial charge in [-0.1, -0.05) is 36.4 Å². The van der Waals surface area contributed by atoms with E-state index in [1.54, 1.807) is 30.3 Å². The summed E-state index contributed by atoms with van der Waals surface area (Å²) in [4.78, 5) is 48.2. The zero-order valence-corrected chi connectivity index (χ0v) is 29.3. The highest BCUT2D eigenvalue weighted by molar-refractivity contribution is 7.95. The van der Waals surface area contributed by atoms with Gasteiger partial charge in [0.2, 0.25) is 11.6 Å². The fraction of sp³-hybridized carbons (Fsp3) is 0.0571. The van der Waals surface area contributed by atoms with Crippen LogP contribution in [0.2, 0.25) is 0 Å². The van der Waals surface area contributed by atoms with Crippen molar-refractivity contribution in [2.24, 2.45) is 5.10 Å². The van der Waals surface area contributed by atoms with Gasteiger partial charge in [-0.05, 0) is 65.3 Å². The monoisotopic (exact) mass is 771 g/mol. The van der Waals surface area contributed by atoms with E-state index in [4.69, 9.17) is 9.47 Å². The number of rotatable bonds is 11. The van der Waals surface area contributed by atoms with Gasteiger partial charge in [-0.15, -0.1) is 0 Å². The first kappa shape index (κ1) is 37.1. The molecule has 0 amide bonds. The van der Waals surface area contributed by atoms with Crippen LogP contribution < -0.4 is 30.9 Å². The molecule has 54 heavy (non-hydrogen) atoms. The molecule has 3 N–H and O–H groups in total. The Kier molecular flexibility index (Phi) is 9.65. The summed E-state index contributed by atoms with van der Waals surface area (Å²) in [6.07, 6.45) is 3.12. The van der Waals surface area contributed by atoms with Crippen LogP contribution in [0.1, 0.15) is 15.9 Å². The molecule has 0 spiro atoms. The Hall–Kier alpha value is -6.67. The Balaban J connectivity index is 1.26. The second-order valence-electron chi connectivity index (χ2n) is 11.4. The van der Waals surface area contributed by atoms with Crippen molar-refractivity contribution in [2.45, 2.75) is 0 Å². The van der Waals surface area contributed by atoms with Crippen LogP contribution in [0, 0.1) is 0 Å². The van der Waals surface area contributed by atoms with E-state index in [0.29, 0.717) is 17.2 Å². The summed E-state index contributed by atoms with van der Waals surface area (Å²) in [5.74, 6) is -4.20. The molecule has 0 unspecified atom stereocenters. The van der Waals surface area contributed by atoms with Crippen molar-refractivity contribution in [1.29, 1.82) is 0 Å². The zero-order valence-electron chi connectivity index (χ0n) is 27.7. The third-order valence-corrected chi connectivity index (χ3v) is 9.95. The van der Waals surface area contributed by atoms with Gasteiger partial charge in [0, 0.05) is 22.3 Å². The number of allylic oxidation sites excluding steroid dienone is 6. The summed E-state index contributed by atoms with van der Waals surface area (Å²) in [5.41, 5.74) is 6.71. The van der Waals surface area contributed by atoms with Gasteiger partial charge < -0.3 is 28.5 Å². The van der Waals surface area contributed by atoms with Crippen LogP contribution in [-0.4, -0.2) is 69.2 Å². The number of carboxylic acid groups (broad SMARTS) is 1. The Morgan fingerprint density at radius 3 is 1.93 bits per heavy atom. The van der Waals surface area contributed by atoms with Crippen LogP contribution in [0.25, 0.3) is 16.0 Å². The average Bonchev–Trinajstić information content (AvgIpc) is 3.13. The molecule has 0 fully saturated rings. The number of hydrogen-bond donors (Lipinski definition) is 3. The molecule has 6 rings (SSSR count). The van der Waals surface area contributed by atoms with Gasteiger partial charge in [0.25, 0.3) is 0 Å². The lowest BCUT2D eigenvalue weighted by Gasteiger charge is -2.26. The summed E-state index contributed by atoms with van der Waals surface area (Å²) in [6.45, 7) is 0. The number of nitrogens with zero attached hydrogens (tertiary/aromatic N) is 1. The molecule has 0 bridgehead atoms. The predicted octanol–water partition coefficient (Wildman–Crippen LogP) is 1.29. The first-order valence-electron chi connectivity index (χ1n) is 15.2. The van der Waals surface area contributed by atoms with E-state index in [1.165, 1.54) is 44.6 Å². The van der Waals surface area contributed by atoms with Crippen molar-refractivity contribution in [2.75, 3.05) is 25.1 Å². The van der Waals surface area contributed by atoms with Crippen LogP contribution in [0.5, 0.6) is 11.5 Å². The molecule has 0 saturated carbocycles. The minimum atomic E-state index is -5.30. The number of benzene rings is 3. The Bertz CT molecular complexity index is 2630. The number of methoxy groups -OCH3 is 2. The number of anilines is 2. The maximum atomic E-state index is 13.3. The third kappa shape index (κ3) is 7.06. The normalized spacial score (nSPS) is 16.4. The van der Waals surface area contributed by atoms with Crippen molar-refractivity contribution in [3.05, 3.63) is 123 Å². The number of carbonyl (C=O) groups excluding carboxylic acids is 4. The molecule has 0 atom stereocenters. The van der Waals surface area contributed by atoms with Crippen molar-refractivity contribution < 1.29 is 59.7 Å². The van der Waals surface area contributed by atoms with Gasteiger partial charge in [-0.25, -0.2) is 16.8 Å². The molecule has 0 saturated heterocycles. The van der Waals surface area contributed by atoms with Gasteiger partial charge in [-0.2, -0.15) is 5.10 Å². The second kappa shape index (κ2) is 14.0. The lowest BCUT2D eigenvalue weighted by Crippen LogP contribution is -2.35. The molecule has 276 valence electrons. The molecule has 3 aliphatic rings. The number of aliphatic carboxylic acids is 1. The van der Waals surface area contributed by atoms with E-state index >= 15 is 0 Å². The first-order chi connectivity index (χ1) is 25.5. The van der Waals surface area contributed by atoms with Crippen LogP contribution in [0.3, 0.4) is 0 Å². The molecular weight excluding hydrogens is 749 g/mol. The second-order valence-corrected chi connectivity index (χ2v) is 14.1. The number of hydrogen-bond acceptors (Lipinski definition) is 17. The van der Waals surface area contributed by atoms with Crippen LogP contribution in [-0.2, 0) is 34.6 Å². The molecular formula is C35H23N4O13S2-3. The molecule has 17 nitrogen and oxygen atoms in total. The topological polar surface area (TPSA) is 273 Å². The maximum absolute atomic E-state index is 13.3. The van der Waals surface area contributed by atoms with Crippen molar-refractivity contribution in [1.82, 2.24) is 5.43 Å². The Labute approximate surface area is 306 Å². The highest BCUT2D eigenvalue weighted by Gasteiger charge is 2.33. The van der Waals surface area contributed by atoms with Crippen LogP contribution in [0.4, 0.5) is 11.4 Å². The highest BCUT2D eigenvalue weighted by Crippen LogP contribution is 2.36. The number of ether oxygens (including phenoxy) is 2. The fourth-order valence-electron chi connectivity index (χ4n) is 5.63. The minimum Gasteiger partial charge on any atom is -0.744 e. The van der Waals surface area contributed by atoms with E-state index in [2.05, 4.69) is 21.4 Å². The molecule has 3 aromatic rings. The summed E-state index contributed by atoms with van der Waals surface area (Å²) in [5, 5.41) is 15.3. The van der Waals surface area contributed by atoms with Crippen molar-refractivity contribution >= 4 is 65.5 Å². The van der Waals surface area contributed by atoms with E-state index < -0.39 is 64.6 Å². The molecule has 0 aliphatic heterocycles. The van der Waals surface area contributed by atoms with Gasteiger partial charge in [0.05, 0.1) is 41.4 Å². The number of Topliss-reactive ketones (excluding diaryl/α,β-unsaturated/α-hetero) is 2. The van der Waals surface area contributed by atoms with Crippen molar-refractivity contribution in [3.8, 4) is 22.6 Å². The first-order valence-corrected chi connectivity index (χ1v) is 18.0. The molecule has 0 aromatic heterocycles. The van der Waals surface area contributed by atoms with Crippen LogP contribution in [0.15, 0.2) is 117 Å². The van der Waals surface area contributed by atoms with E-state index in [-0.39, 0.29) is 50.9 Å². The fourth-order valence-corrected chi connectivity index (χ4v) is 6.99. The number of hydrazine groups is 1. The lowest BCUT2D eigenvalue weighted by atomic mass is 9.87. The molecule has 3 aromatic carbocycles. The van der Waals surface area contributed by atoms with Gasteiger partial charge >= 0.3 is 0 Å². The number of carboxylic acids is 1. The van der Waals surface area contributed by atoms with Gasteiger partial charge in [0.1, 0.15) is 43.1 Å². The smallest absolute Gasteiger partial charge is 0.213 e. The van der Waals surface area contributed by atoms with E-state index in [0.717, 1.165) is 18.2 Å². The number of hydrazone groups is 1. The molecule has 3 aliphatic carbocycles. The summed E-state index contributed by atoms with van der Waals surface area (Å²) in [6, 6.07) is 15.2. The maximum Gasteiger partial charge on any atom is 0.213 e. The van der Waals surface area contributed by atoms with E-state index in [9.17, 15) is 50.2 Å². The van der Waals surface area contributed by atoms with Crippen molar-refractivity contribution in [3.63, 3.8) is 0 Å². The van der Waals surface area contributed by atoms with Gasteiger partial charge in [0.15, 0.2) is 5.78 Å². The number of carbonyl (C=O) groups is 4. The van der Waals surface area contributed by atoms with Crippen LogP contribution >= 0.6 is 0 Å². The number of fused-ring (bicyclic) bond motifs is 2. The molecule has 0 heterocycles. The summed E-state index contributed by atoms with van der Waals surface area (Å²) >= 11 is 0. The zero-order chi connectivity index (χ0) is 39.1.